The van der Waals surface area contributed by atoms with Crippen molar-refractivity contribution in [1.82, 2.24) is 4.90 Å². The molecule has 2 nitrogen and oxygen atoms in total. The predicted octanol–water partition coefficient (Wildman–Crippen LogP) is 3.54. The lowest BCUT2D eigenvalue weighted by Crippen LogP contribution is -2.42. The van der Waals surface area contributed by atoms with Crippen molar-refractivity contribution < 1.29 is 5.11 Å². The highest BCUT2D eigenvalue weighted by molar-refractivity contribution is 4.84. The third kappa shape index (κ3) is 4.19. The van der Waals surface area contributed by atoms with Gasteiger partial charge in [0, 0.05) is 13.1 Å². The van der Waals surface area contributed by atoms with Crippen LogP contribution in [0.3, 0.4) is 0 Å². The number of aliphatic hydroxyl groups is 1. The third-order valence-electron chi connectivity index (χ3n) is 5.61. The first-order valence-electron chi connectivity index (χ1n) is 8.50. The highest BCUT2D eigenvalue weighted by atomic mass is 16.3. The van der Waals surface area contributed by atoms with E-state index in [1.807, 2.05) is 0 Å². The lowest BCUT2D eigenvalue weighted by Gasteiger charge is -2.39. The fraction of sp³-hybridized carbons (Fsp3) is 1.00. The van der Waals surface area contributed by atoms with Gasteiger partial charge < -0.3 is 10.0 Å². The lowest BCUT2D eigenvalue weighted by molar-refractivity contribution is 0.0146. The Kier molecular flexibility index (Phi) is 5.70. The molecule has 0 bridgehead atoms. The molecule has 1 N–H and O–H groups in total. The van der Waals surface area contributed by atoms with Crippen molar-refractivity contribution in [3.63, 3.8) is 0 Å². The highest BCUT2D eigenvalue weighted by Crippen LogP contribution is 2.35. The van der Waals surface area contributed by atoms with Gasteiger partial charge >= 0.3 is 0 Å². The van der Waals surface area contributed by atoms with Crippen molar-refractivity contribution in [1.29, 1.82) is 0 Å². The van der Waals surface area contributed by atoms with Crippen molar-refractivity contribution in [2.45, 2.75) is 65.4 Å². The average Bonchev–Trinajstić information content (AvgIpc) is 2.34. The Morgan fingerprint density at radius 2 is 1.84 bits per heavy atom. The second-order valence-electron chi connectivity index (χ2n) is 7.29. The van der Waals surface area contributed by atoms with Gasteiger partial charge in [-0.3, -0.25) is 0 Å². The quantitative estimate of drug-likeness (QED) is 0.795. The molecule has 0 amide bonds. The monoisotopic (exact) mass is 267 g/mol. The molecule has 2 aliphatic carbocycles. The molecule has 0 aromatic carbocycles. The van der Waals surface area contributed by atoms with Crippen LogP contribution in [0.1, 0.15) is 59.3 Å². The van der Waals surface area contributed by atoms with Crippen LogP contribution >= 0.6 is 0 Å². The summed E-state index contributed by atoms with van der Waals surface area (Å²) in [5.41, 5.74) is 0. The number of rotatable bonds is 6. The molecule has 0 spiro atoms. The molecule has 2 saturated carbocycles. The summed E-state index contributed by atoms with van der Waals surface area (Å²) >= 11 is 0. The summed E-state index contributed by atoms with van der Waals surface area (Å²) in [7, 11) is 0. The van der Waals surface area contributed by atoms with Crippen molar-refractivity contribution in [2.24, 2.45) is 23.7 Å². The molecule has 0 aromatic heterocycles. The predicted molar refractivity (Wildman–Crippen MR) is 81.1 cm³/mol. The number of hydrogen-bond acceptors (Lipinski definition) is 2. The van der Waals surface area contributed by atoms with Crippen molar-refractivity contribution in [3.8, 4) is 0 Å². The summed E-state index contributed by atoms with van der Waals surface area (Å²) in [5.74, 6) is 3.07. The molecule has 112 valence electrons. The lowest BCUT2D eigenvalue weighted by atomic mass is 9.74. The summed E-state index contributed by atoms with van der Waals surface area (Å²) in [6, 6.07) is 0. The molecule has 2 aliphatic rings. The van der Waals surface area contributed by atoms with Crippen LogP contribution in [0, 0.1) is 23.7 Å². The molecule has 0 radical (unpaired) electrons. The van der Waals surface area contributed by atoms with Crippen molar-refractivity contribution in [2.75, 3.05) is 19.6 Å². The zero-order valence-electron chi connectivity index (χ0n) is 13.1. The van der Waals surface area contributed by atoms with E-state index in [0.717, 1.165) is 37.3 Å². The topological polar surface area (TPSA) is 23.5 Å². The third-order valence-corrected chi connectivity index (χ3v) is 5.61. The maximum atomic E-state index is 10.3. The molecule has 0 aliphatic heterocycles. The molecule has 0 saturated heterocycles. The second-order valence-corrected chi connectivity index (χ2v) is 7.29. The number of aliphatic hydroxyl groups excluding tert-OH is 1. The van der Waals surface area contributed by atoms with Crippen LogP contribution in [0.4, 0.5) is 0 Å². The molecule has 0 heterocycles. The van der Waals surface area contributed by atoms with Gasteiger partial charge in [-0.2, -0.15) is 0 Å². The maximum absolute atomic E-state index is 10.3. The van der Waals surface area contributed by atoms with E-state index in [9.17, 15) is 5.11 Å². The molecule has 2 rings (SSSR count). The van der Waals surface area contributed by atoms with Crippen molar-refractivity contribution >= 4 is 0 Å². The fourth-order valence-corrected chi connectivity index (χ4v) is 3.79. The van der Waals surface area contributed by atoms with Gasteiger partial charge in [0.1, 0.15) is 0 Å². The second kappa shape index (κ2) is 7.08. The Balaban J connectivity index is 1.83. The van der Waals surface area contributed by atoms with Crippen LogP contribution in [-0.4, -0.2) is 35.7 Å². The van der Waals surface area contributed by atoms with E-state index in [4.69, 9.17) is 0 Å². The van der Waals surface area contributed by atoms with Gasteiger partial charge in [0.15, 0.2) is 0 Å². The normalized spacial score (nSPS) is 32.8. The highest BCUT2D eigenvalue weighted by Gasteiger charge is 2.32. The zero-order valence-corrected chi connectivity index (χ0v) is 13.1. The molecular formula is C17H33NO. The molecule has 2 heteroatoms. The first-order chi connectivity index (χ1) is 9.10. The Hall–Kier alpha value is -0.0800. The molecule has 19 heavy (non-hydrogen) atoms. The van der Waals surface area contributed by atoms with Crippen LogP contribution in [-0.2, 0) is 0 Å². The van der Waals surface area contributed by atoms with E-state index in [1.54, 1.807) is 0 Å². The van der Waals surface area contributed by atoms with Crippen LogP contribution in [0.2, 0.25) is 0 Å². The fourth-order valence-electron chi connectivity index (χ4n) is 3.79. The van der Waals surface area contributed by atoms with Gasteiger partial charge in [0.25, 0.3) is 0 Å². The average molecular weight is 267 g/mol. The zero-order chi connectivity index (χ0) is 13.8. The minimum absolute atomic E-state index is 0.0505. The van der Waals surface area contributed by atoms with E-state index in [-0.39, 0.29) is 6.10 Å². The molecule has 0 aromatic rings. The largest absolute Gasteiger partial charge is 0.393 e. The van der Waals surface area contributed by atoms with Gasteiger partial charge in [-0.15, -0.1) is 0 Å². The minimum atomic E-state index is -0.0505. The summed E-state index contributed by atoms with van der Waals surface area (Å²) in [6.45, 7) is 10.5. The van der Waals surface area contributed by atoms with E-state index in [1.165, 1.54) is 38.6 Å². The van der Waals surface area contributed by atoms with E-state index in [0.29, 0.717) is 5.92 Å². The molecule has 3 atom stereocenters. The van der Waals surface area contributed by atoms with Crippen molar-refractivity contribution in [3.05, 3.63) is 0 Å². The van der Waals surface area contributed by atoms with Crippen LogP contribution < -0.4 is 0 Å². The first-order valence-corrected chi connectivity index (χ1v) is 8.50. The van der Waals surface area contributed by atoms with Gasteiger partial charge in [-0.1, -0.05) is 27.2 Å². The van der Waals surface area contributed by atoms with Gasteiger partial charge in [0.05, 0.1) is 6.10 Å². The Morgan fingerprint density at radius 3 is 2.37 bits per heavy atom. The van der Waals surface area contributed by atoms with E-state index in [2.05, 4.69) is 25.7 Å². The smallest absolute Gasteiger partial charge is 0.0580 e. The first kappa shape index (κ1) is 15.3. The summed E-state index contributed by atoms with van der Waals surface area (Å²) in [4.78, 5) is 2.60. The van der Waals surface area contributed by atoms with Crippen LogP contribution in [0.25, 0.3) is 0 Å². The van der Waals surface area contributed by atoms with Gasteiger partial charge in [-0.05, 0) is 62.3 Å². The minimum Gasteiger partial charge on any atom is -0.393 e. The Morgan fingerprint density at radius 1 is 1.11 bits per heavy atom. The SMILES string of the molecule is CCN(CC1CCC1)CC1CC(C(C)C)CCC1O. The van der Waals surface area contributed by atoms with Gasteiger partial charge in [-0.25, -0.2) is 0 Å². The van der Waals surface area contributed by atoms with Crippen LogP contribution in [0.15, 0.2) is 0 Å². The number of hydrogen-bond donors (Lipinski definition) is 1. The standard InChI is InChI=1S/C17H33NO/c1-4-18(11-14-6-5-7-14)12-16-10-15(13(2)3)8-9-17(16)19/h13-17,19H,4-12H2,1-3H3. The van der Waals surface area contributed by atoms with Gasteiger partial charge in [0.2, 0.25) is 0 Å². The summed E-state index contributed by atoms with van der Waals surface area (Å²) < 4.78 is 0. The Bertz CT molecular complexity index is 262. The summed E-state index contributed by atoms with van der Waals surface area (Å²) in [5, 5.41) is 10.3. The number of nitrogens with zero attached hydrogens (tertiary/aromatic N) is 1. The molecule has 3 unspecified atom stereocenters. The van der Waals surface area contributed by atoms with Crippen LogP contribution in [0.5, 0.6) is 0 Å². The summed E-state index contributed by atoms with van der Waals surface area (Å²) in [6.07, 6.45) is 7.73. The maximum Gasteiger partial charge on any atom is 0.0580 e. The Labute approximate surface area is 119 Å². The molecular weight excluding hydrogens is 234 g/mol. The van der Waals surface area contributed by atoms with E-state index < -0.39 is 0 Å². The van der Waals surface area contributed by atoms with E-state index >= 15 is 0 Å². The molecule has 2 fully saturated rings.